The van der Waals surface area contributed by atoms with Crippen LogP contribution in [0.4, 0.5) is 0 Å². The molecule has 0 heterocycles. The van der Waals surface area contributed by atoms with E-state index in [0.29, 0.717) is 25.9 Å². The molecule has 0 spiro atoms. The summed E-state index contributed by atoms with van der Waals surface area (Å²) in [5, 5.41) is 23.2. The maximum atomic E-state index is 12.4. The second-order valence-corrected chi connectivity index (χ2v) is 23.9. The molecule has 1 amide bonds. The van der Waals surface area contributed by atoms with Crippen LogP contribution in [0, 0.1) is 0 Å². The minimum atomic E-state index is -0.658. The van der Waals surface area contributed by atoms with Gasteiger partial charge in [0.1, 0.15) is 0 Å². The molecule has 0 saturated carbocycles. The second-order valence-electron chi connectivity index (χ2n) is 23.9. The van der Waals surface area contributed by atoms with Gasteiger partial charge in [-0.15, -0.1) is 0 Å². The fraction of sp³-hybridized carbons (Fsp3) is 0.942. The quantitative estimate of drug-likeness (QED) is 0.0320. The lowest BCUT2D eigenvalue weighted by molar-refractivity contribution is -0.143. The minimum absolute atomic E-state index is 0.0217. The van der Waals surface area contributed by atoms with Crippen LogP contribution >= 0.6 is 0 Å². The van der Waals surface area contributed by atoms with Crippen molar-refractivity contribution in [1.29, 1.82) is 0 Å². The number of nitrogens with one attached hydrogen (secondary N) is 1. The number of ether oxygens (including phenoxy) is 1. The Bertz CT molecular complexity index is 1130. The van der Waals surface area contributed by atoms with Crippen molar-refractivity contribution in [3.8, 4) is 0 Å². The summed E-state index contributed by atoms with van der Waals surface area (Å²) in [7, 11) is 0. The Hall–Kier alpha value is -1.40. The number of aliphatic hydroxyl groups excluding tert-OH is 2. The van der Waals surface area contributed by atoms with Crippen molar-refractivity contribution in [3.05, 3.63) is 12.2 Å². The van der Waals surface area contributed by atoms with Crippen molar-refractivity contribution in [3.63, 3.8) is 0 Å². The summed E-state index contributed by atoms with van der Waals surface area (Å²) < 4.78 is 5.48. The topological polar surface area (TPSA) is 95.9 Å². The Labute approximate surface area is 469 Å². The lowest BCUT2D eigenvalue weighted by Crippen LogP contribution is -2.45. The first kappa shape index (κ1) is 73.6. The SMILES string of the molecule is CCCCCCCCCCCCCC(=O)OCCCCCCCCCCCCCCCCCC/C=C\CCCCCCCCCCCCCCCCCCCC(=O)NC(CO)C(O)CCCCCCCCCCCC. The molecule has 2 unspecified atom stereocenters. The van der Waals surface area contributed by atoms with Gasteiger partial charge in [0, 0.05) is 12.8 Å². The molecule has 2 atom stereocenters. The Morgan fingerprint density at radius 2 is 0.627 bits per heavy atom. The average molecular weight is 1060 g/mol. The van der Waals surface area contributed by atoms with E-state index in [1.165, 1.54) is 321 Å². The Morgan fingerprint density at radius 1 is 0.360 bits per heavy atom. The van der Waals surface area contributed by atoms with Crippen LogP contribution < -0.4 is 5.32 Å². The van der Waals surface area contributed by atoms with E-state index in [-0.39, 0.29) is 18.5 Å². The van der Waals surface area contributed by atoms with E-state index in [4.69, 9.17) is 4.74 Å². The van der Waals surface area contributed by atoms with Gasteiger partial charge in [0.2, 0.25) is 5.91 Å². The molecule has 6 heteroatoms. The number of carbonyl (C=O) groups excluding carboxylic acids is 2. The van der Waals surface area contributed by atoms with Gasteiger partial charge in [-0.3, -0.25) is 9.59 Å². The third kappa shape index (κ3) is 61.7. The highest BCUT2D eigenvalue weighted by atomic mass is 16.5. The maximum absolute atomic E-state index is 12.4. The van der Waals surface area contributed by atoms with Crippen LogP contribution in [0.2, 0.25) is 0 Å². The molecule has 6 nitrogen and oxygen atoms in total. The molecule has 0 aromatic heterocycles. The Morgan fingerprint density at radius 3 is 0.947 bits per heavy atom. The van der Waals surface area contributed by atoms with E-state index in [9.17, 15) is 19.8 Å². The highest BCUT2D eigenvalue weighted by molar-refractivity contribution is 5.76. The number of amides is 1. The summed E-state index contributed by atoms with van der Waals surface area (Å²) in [5.74, 6) is -0.00887. The van der Waals surface area contributed by atoms with Crippen molar-refractivity contribution in [1.82, 2.24) is 5.32 Å². The number of hydrogen-bond donors (Lipinski definition) is 3. The maximum Gasteiger partial charge on any atom is 0.305 e. The second kappa shape index (κ2) is 65.1. The molecular formula is C69H135NO5. The zero-order valence-corrected chi connectivity index (χ0v) is 51.1. The third-order valence-corrected chi connectivity index (χ3v) is 16.3. The van der Waals surface area contributed by atoms with Gasteiger partial charge in [0.05, 0.1) is 25.4 Å². The van der Waals surface area contributed by atoms with E-state index in [2.05, 4.69) is 31.3 Å². The summed E-state index contributed by atoms with van der Waals surface area (Å²) >= 11 is 0. The van der Waals surface area contributed by atoms with Crippen LogP contribution in [-0.2, 0) is 14.3 Å². The van der Waals surface area contributed by atoms with E-state index >= 15 is 0 Å². The number of rotatable bonds is 65. The van der Waals surface area contributed by atoms with Gasteiger partial charge in [0.15, 0.2) is 0 Å². The Kier molecular flexibility index (Phi) is 63.9. The highest BCUT2D eigenvalue weighted by Crippen LogP contribution is 2.19. The van der Waals surface area contributed by atoms with Crippen molar-refractivity contribution in [2.45, 2.75) is 405 Å². The molecule has 0 aliphatic rings. The van der Waals surface area contributed by atoms with Gasteiger partial charge in [-0.05, 0) is 51.4 Å². The minimum Gasteiger partial charge on any atom is -0.466 e. The molecule has 0 saturated heterocycles. The van der Waals surface area contributed by atoms with Gasteiger partial charge in [0.25, 0.3) is 0 Å². The standard InChI is InChI=1S/C69H135NO5/c1-3-5-7-9-11-13-42-47-51-55-59-63-69(74)75-64-60-56-52-48-44-41-39-37-35-33-31-29-27-25-23-21-19-17-15-16-18-20-22-24-26-28-30-32-34-36-38-40-43-46-50-54-58-62-68(73)70-66(65-71)67(72)61-57-53-49-45-14-12-10-8-6-4-2/h15,17,66-67,71-72H,3-14,16,18-65H2,1-2H3,(H,70,73)/b17-15-. The fourth-order valence-corrected chi connectivity index (χ4v) is 11.1. The van der Waals surface area contributed by atoms with Crippen molar-refractivity contribution >= 4 is 11.9 Å². The first-order chi connectivity index (χ1) is 37.0. The number of carbonyl (C=O) groups is 2. The molecule has 0 radical (unpaired) electrons. The van der Waals surface area contributed by atoms with Gasteiger partial charge < -0.3 is 20.3 Å². The van der Waals surface area contributed by atoms with Crippen molar-refractivity contribution < 1.29 is 24.5 Å². The van der Waals surface area contributed by atoms with Gasteiger partial charge in [-0.2, -0.15) is 0 Å². The number of allylic oxidation sites excluding steroid dienone is 2. The summed E-state index contributed by atoms with van der Waals surface area (Å²) in [6.45, 7) is 4.97. The van der Waals surface area contributed by atoms with Crippen LogP contribution in [0.5, 0.6) is 0 Å². The van der Waals surface area contributed by atoms with E-state index in [0.717, 1.165) is 38.5 Å². The lowest BCUT2D eigenvalue weighted by Gasteiger charge is -2.22. The third-order valence-electron chi connectivity index (χ3n) is 16.3. The van der Waals surface area contributed by atoms with Crippen LogP contribution in [0.25, 0.3) is 0 Å². The van der Waals surface area contributed by atoms with Crippen molar-refractivity contribution in [2.24, 2.45) is 0 Å². The van der Waals surface area contributed by atoms with Crippen molar-refractivity contribution in [2.75, 3.05) is 13.2 Å². The molecule has 75 heavy (non-hydrogen) atoms. The van der Waals surface area contributed by atoms with Gasteiger partial charge in [-0.25, -0.2) is 0 Å². The zero-order chi connectivity index (χ0) is 54.3. The predicted octanol–water partition coefficient (Wildman–Crippen LogP) is 22.0. The first-order valence-electron chi connectivity index (χ1n) is 34.4. The number of hydrogen-bond acceptors (Lipinski definition) is 5. The first-order valence-corrected chi connectivity index (χ1v) is 34.4. The molecule has 0 bridgehead atoms. The van der Waals surface area contributed by atoms with Crippen LogP contribution in [0.1, 0.15) is 393 Å². The molecule has 0 aliphatic heterocycles. The average Bonchev–Trinajstić information content (AvgIpc) is 3.41. The number of aliphatic hydroxyl groups is 2. The normalized spacial score (nSPS) is 12.5. The number of esters is 1. The van der Waals surface area contributed by atoms with E-state index in [1.807, 2.05) is 0 Å². The van der Waals surface area contributed by atoms with Crippen LogP contribution in [-0.4, -0.2) is 47.4 Å². The Balaban J connectivity index is 3.30. The fourth-order valence-electron chi connectivity index (χ4n) is 11.1. The summed E-state index contributed by atoms with van der Waals surface area (Å²) in [6, 6.07) is -0.535. The molecule has 0 aromatic carbocycles. The monoisotopic (exact) mass is 1060 g/mol. The van der Waals surface area contributed by atoms with Gasteiger partial charge in [-0.1, -0.05) is 341 Å². The van der Waals surface area contributed by atoms with E-state index in [1.54, 1.807) is 0 Å². The van der Waals surface area contributed by atoms with Crippen LogP contribution in [0.15, 0.2) is 12.2 Å². The molecule has 0 rings (SSSR count). The lowest BCUT2D eigenvalue weighted by atomic mass is 10.0. The van der Waals surface area contributed by atoms with Gasteiger partial charge >= 0.3 is 5.97 Å². The molecule has 0 aliphatic carbocycles. The molecule has 446 valence electrons. The molecule has 3 N–H and O–H groups in total. The largest absolute Gasteiger partial charge is 0.466 e. The summed E-state index contributed by atoms with van der Waals surface area (Å²) in [5.41, 5.74) is 0. The highest BCUT2D eigenvalue weighted by Gasteiger charge is 2.20. The molecule has 0 fully saturated rings. The smallest absolute Gasteiger partial charge is 0.305 e. The molecular weight excluding hydrogens is 923 g/mol. The summed E-state index contributed by atoms with van der Waals surface area (Å²) in [6.07, 6.45) is 80.0. The van der Waals surface area contributed by atoms with E-state index < -0.39 is 12.1 Å². The number of unbranched alkanes of at least 4 members (excludes halogenated alkanes) is 52. The summed E-state index contributed by atoms with van der Waals surface area (Å²) in [4.78, 5) is 24.4. The van der Waals surface area contributed by atoms with Crippen LogP contribution in [0.3, 0.4) is 0 Å². The predicted molar refractivity (Wildman–Crippen MR) is 329 cm³/mol. The molecule has 0 aromatic rings. The zero-order valence-electron chi connectivity index (χ0n) is 51.1.